The van der Waals surface area contributed by atoms with Gasteiger partial charge in [-0.15, -0.1) is 0 Å². The fourth-order valence-electron chi connectivity index (χ4n) is 1.94. The van der Waals surface area contributed by atoms with Crippen molar-refractivity contribution in [1.29, 1.82) is 0 Å². The molecule has 0 aliphatic carbocycles. The standard InChI is InChI=1S/C12H17F2N3/c1-9-2-3-11(16-6-9)17-7-10-4-5-15-8-12(10,13)14/h2-3,6,10,15H,4-5,7-8H2,1H3,(H,16,17). The maximum Gasteiger partial charge on any atom is 0.264 e. The molecule has 0 saturated carbocycles. The SMILES string of the molecule is Cc1ccc(NCC2CCNCC2(F)F)nc1. The summed E-state index contributed by atoms with van der Waals surface area (Å²) in [6.45, 7) is 2.65. The number of piperidine rings is 1. The Balaban J connectivity index is 1.91. The molecule has 1 saturated heterocycles. The lowest BCUT2D eigenvalue weighted by Gasteiger charge is -2.32. The lowest BCUT2D eigenvalue weighted by Crippen LogP contribution is -2.48. The van der Waals surface area contributed by atoms with Gasteiger partial charge in [-0.3, -0.25) is 0 Å². The van der Waals surface area contributed by atoms with Crippen LogP contribution in [0.5, 0.6) is 0 Å². The number of hydrogen-bond acceptors (Lipinski definition) is 3. The Kier molecular flexibility index (Phi) is 3.57. The number of pyridine rings is 1. The van der Waals surface area contributed by atoms with Gasteiger partial charge in [0.05, 0.1) is 6.54 Å². The topological polar surface area (TPSA) is 37.0 Å². The normalized spacial score (nSPS) is 23.4. The third-order valence-electron chi connectivity index (χ3n) is 3.07. The van der Waals surface area contributed by atoms with E-state index in [2.05, 4.69) is 15.6 Å². The first-order valence-electron chi connectivity index (χ1n) is 5.83. The van der Waals surface area contributed by atoms with Crippen molar-refractivity contribution >= 4 is 5.82 Å². The second-order valence-electron chi connectivity index (χ2n) is 4.53. The molecule has 1 unspecified atom stereocenters. The Morgan fingerprint density at radius 1 is 1.53 bits per heavy atom. The number of aryl methyl sites for hydroxylation is 1. The van der Waals surface area contributed by atoms with Gasteiger partial charge in [-0.25, -0.2) is 13.8 Å². The Bertz CT molecular complexity index is 365. The summed E-state index contributed by atoms with van der Waals surface area (Å²) in [5.41, 5.74) is 1.06. The Morgan fingerprint density at radius 2 is 2.35 bits per heavy atom. The maximum atomic E-state index is 13.5. The largest absolute Gasteiger partial charge is 0.370 e. The van der Waals surface area contributed by atoms with Gasteiger partial charge in [0, 0.05) is 18.7 Å². The van der Waals surface area contributed by atoms with Gasteiger partial charge in [-0.1, -0.05) is 6.07 Å². The molecule has 2 heterocycles. The maximum absolute atomic E-state index is 13.5. The van der Waals surface area contributed by atoms with Crippen molar-refractivity contribution in [1.82, 2.24) is 10.3 Å². The molecule has 2 rings (SSSR count). The first-order valence-corrected chi connectivity index (χ1v) is 5.83. The number of alkyl halides is 2. The van der Waals surface area contributed by atoms with Crippen molar-refractivity contribution in [2.24, 2.45) is 5.92 Å². The predicted octanol–water partition coefficient (Wildman–Crippen LogP) is 2.05. The molecule has 0 amide bonds. The molecule has 0 bridgehead atoms. The average molecular weight is 241 g/mol. The van der Waals surface area contributed by atoms with Gasteiger partial charge in [0.15, 0.2) is 0 Å². The Labute approximate surface area is 99.6 Å². The van der Waals surface area contributed by atoms with Gasteiger partial charge in [0.2, 0.25) is 0 Å². The van der Waals surface area contributed by atoms with Crippen LogP contribution < -0.4 is 10.6 Å². The van der Waals surface area contributed by atoms with Crippen LogP contribution in [0.25, 0.3) is 0 Å². The quantitative estimate of drug-likeness (QED) is 0.850. The van der Waals surface area contributed by atoms with Crippen LogP contribution in [0.2, 0.25) is 0 Å². The molecule has 1 aliphatic rings. The van der Waals surface area contributed by atoms with E-state index in [1.54, 1.807) is 6.20 Å². The number of halogens is 2. The summed E-state index contributed by atoms with van der Waals surface area (Å²) < 4.78 is 27.0. The van der Waals surface area contributed by atoms with E-state index < -0.39 is 11.8 Å². The van der Waals surface area contributed by atoms with E-state index in [9.17, 15) is 8.78 Å². The molecular formula is C12H17F2N3. The predicted molar refractivity (Wildman–Crippen MR) is 63.4 cm³/mol. The molecule has 1 aromatic heterocycles. The number of hydrogen-bond donors (Lipinski definition) is 2. The second-order valence-corrected chi connectivity index (χ2v) is 4.53. The molecule has 3 nitrogen and oxygen atoms in total. The zero-order valence-electron chi connectivity index (χ0n) is 9.84. The van der Waals surface area contributed by atoms with Gasteiger partial charge in [-0.2, -0.15) is 0 Å². The van der Waals surface area contributed by atoms with Crippen molar-refractivity contribution in [3.8, 4) is 0 Å². The van der Waals surface area contributed by atoms with E-state index in [-0.39, 0.29) is 13.1 Å². The van der Waals surface area contributed by atoms with Crippen LogP contribution in [0.15, 0.2) is 18.3 Å². The first-order chi connectivity index (χ1) is 8.08. The lowest BCUT2D eigenvalue weighted by molar-refractivity contribution is -0.0678. The van der Waals surface area contributed by atoms with Crippen molar-refractivity contribution in [2.75, 3.05) is 25.0 Å². The summed E-state index contributed by atoms with van der Waals surface area (Å²) in [5, 5.41) is 5.70. The van der Waals surface area contributed by atoms with Crippen molar-refractivity contribution in [3.05, 3.63) is 23.9 Å². The zero-order chi connectivity index (χ0) is 12.3. The van der Waals surface area contributed by atoms with E-state index in [1.165, 1.54) is 0 Å². The van der Waals surface area contributed by atoms with Gasteiger partial charge in [0.25, 0.3) is 5.92 Å². The smallest absolute Gasteiger partial charge is 0.264 e. The molecule has 0 spiro atoms. The molecule has 1 aromatic rings. The molecule has 1 aliphatic heterocycles. The minimum Gasteiger partial charge on any atom is -0.370 e. The van der Waals surface area contributed by atoms with Crippen LogP contribution in [-0.4, -0.2) is 30.5 Å². The number of aromatic nitrogens is 1. The Hall–Kier alpha value is -1.23. The fraction of sp³-hybridized carbons (Fsp3) is 0.583. The molecule has 5 heteroatoms. The van der Waals surface area contributed by atoms with Gasteiger partial charge < -0.3 is 10.6 Å². The average Bonchev–Trinajstić information content (AvgIpc) is 2.29. The second kappa shape index (κ2) is 4.96. The minimum atomic E-state index is -2.63. The Morgan fingerprint density at radius 3 is 3.00 bits per heavy atom. The zero-order valence-corrected chi connectivity index (χ0v) is 9.84. The summed E-state index contributed by atoms with van der Waals surface area (Å²) in [5.74, 6) is -2.59. The highest BCUT2D eigenvalue weighted by atomic mass is 19.3. The molecule has 1 fully saturated rings. The van der Waals surface area contributed by atoms with Crippen LogP contribution in [0.4, 0.5) is 14.6 Å². The summed E-state index contributed by atoms with van der Waals surface area (Å²) in [6.07, 6.45) is 2.22. The summed E-state index contributed by atoms with van der Waals surface area (Å²) >= 11 is 0. The van der Waals surface area contributed by atoms with Crippen molar-refractivity contribution in [3.63, 3.8) is 0 Å². The van der Waals surface area contributed by atoms with Crippen molar-refractivity contribution in [2.45, 2.75) is 19.3 Å². The molecule has 0 radical (unpaired) electrons. The highest BCUT2D eigenvalue weighted by Crippen LogP contribution is 2.29. The van der Waals surface area contributed by atoms with Crippen LogP contribution in [0, 0.1) is 12.8 Å². The number of nitrogens with one attached hydrogen (secondary N) is 2. The highest BCUT2D eigenvalue weighted by Gasteiger charge is 2.41. The van der Waals surface area contributed by atoms with E-state index in [4.69, 9.17) is 0 Å². The molecule has 0 aromatic carbocycles. The molecule has 94 valence electrons. The van der Waals surface area contributed by atoms with E-state index >= 15 is 0 Å². The summed E-state index contributed by atoms with van der Waals surface area (Å²) in [4.78, 5) is 4.14. The van der Waals surface area contributed by atoms with Gasteiger partial charge >= 0.3 is 0 Å². The number of rotatable bonds is 3. The van der Waals surface area contributed by atoms with Crippen LogP contribution in [0.1, 0.15) is 12.0 Å². The third-order valence-corrected chi connectivity index (χ3v) is 3.07. The molecule has 2 N–H and O–H groups in total. The molecule has 1 atom stereocenters. The first kappa shape index (κ1) is 12.2. The fourth-order valence-corrected chi connectivity index (χ4v) is 1.94. The monoisotopic (exact) mass is 241 g/mol. The van der Waals surface area contributed by atoms with E-state index in [0.717, 1.165) is 5.56 Å². The van der Waals surface area contributed by atoms with E-state index in [0.29, 0.717) is 18.8 Å². The van der Waals surface area contributed by atoms with Gasteiger partial charge in [0.1, 0.15) is 5.82 Å². The molecular weight excluding hydrogens is 224 g/mol. The third kappa shape index (κ3) is 3.12. The van der Waals surface area contributed by atoms with Crippen LogP contribution >= 0.6 is 0 Å². The summed E-state index contributed by atoms with van der Waals surface area (Å²) in [6, 6.07) is 3.73. The minimum absolute atomic E-state index is 0.222. The van der Waals surface area contributed by atoms with Crippen molar-refractivity contribution < 1.29 is 8.78 Å². The lowest BCUT2D eigenvalue weighted by atomic mass is 9.94. The summed E-state index contributed by atoms with van der Waals surface area (Å²) in [7, 11) is 0. The molecule has 17 heavy (non-hydrogen) atoms. The van der Waals surface area contributed by atoms with Crippen LogP contribution in [0.3, 0.4) is 0 Å². The van der Waals surface area contributed by atoms with Gasteiger partial charge in [-0.05, 0) is 31.5 Å². The van der Waals surface area contributed by atoms with E-state index in [1.807, 2.05) is 19.1 Å². The number of anilines is 1. The number of nitrogens with zero attached hydrogens (tertiary/aromatic N) is 1. The van der Waals surface area contributed by atoms with Crippen LogP contribution in [-0.2, 0) is 0 Å². The highest BCUT2D eigenvalue weighted by molar-refractivity contribution is 5.35.